The van der Waals surface area contributed by atoms with Gasteiger partial charge < -0.3 is 4.90 Å². The Kier molecular flexibility index (Phi) is 3.05. The highest BCUT2D eigenvalue weighted by molar-refractivity contribution is 4.45. The monoisotopic (exact) mass is 128 g/mol. The minimum absolute atomic E-state index is 1.40. The third-order valence-corrected chi connectivity index (χ3v) is 2.21. The average Bonchev–Trinajstić information content (AvgIpc) is 1.79. The molecule has 0 atom stereocenters. The molecule has 1 heterocycles. The van der Waals surface area contributed by atoms with Gasteiger partial charge in [0.2, 0.25) is 0 Å². The van der Waals surface area contributed by atoms with E-state index in [4.69, 9.17) is 0 Å². The maximum Gasteiger partial charge on any atom is 0.0768 e. The van der Waals surface area contributed by atoms with E-state index in [0.29, 0.717) is 0 Å². The summed E-state index contributed by atoms with van der Waals surface area (Å²) in [4.78, 5) is 1.73. The fraction of sp³-hybridized carbons (Fsp3) is 1.00. The lowest BCUT2D eigenvalue weighted by molar-refractivity contribution is -0.880. The molecule has 1 fully saturated rings. The molecule has 0 radical (unpaired) electrons. The van der Waals surface area contributed by atoms with E-state index in [-0.39, 0.29) is 0 Å². The Bertz CT molecular complexity index is 63.0. The Hall–Kier alpha value is -0.0400. The minimum atomic E-state index is 1.40. The van der Waals surface area contributed by atoms with Crippen molar-refractivity contribution in [3.8, 4) is 0 Å². The first-order valence-electron chi connectivity index (χ1n) is 4.21. The predicted molar refractivity (Wildman–Crippen MR) is 39.7 cm³/mol. The van der Waals surface area contributed by atoms with Gasteiger partial charge in [-0.05, 0) is 25.7 Å². The number of nitrogens with one attached hydrogen (secondary N) is 1. The van der Waals surface area contributed by atoms with Gasteiger partial charge in [0, 0.05) is 0 Å². The number of quaternary nitrogens is 1. The molecule has 0 bridgehead atoms. The fourth-order valence-electron chi connectivity index (χ4n) is 1.51. The Morgan fingerprint density at radius 1 is 0.778 bits per heavy atom. The van der Waals surface area contributed by atoms with E-state index in [0.717, 1.165) is 0 Å². The smallest absolute Gasteiger partial charge is 0.0768 e. The van der Waals surface area contributed by atoms with Crippen molar-refractivity contribution < 1.29 is 4.90 Å². The molecular weight excluding hydrogens is 110 g/mol. The van der Waals surface area contributed by atoms with Gasteiger partial charge in [0.25, 0.3) is 0 Å². The molecular formula is C8H18N+. The molecule has 1 aliphatic rings. The summed E-state index contributed by atoms with van der Waals surface area (Å²) >= 11 is 0. The van der Waals surface area contributed by atoms with Gasteiger partial charge in [0.15, 0.2) is 0 Å². The summed E-state index contributed by atoms with van der Waals surface area (Å²) in [6, 6.07) is 0. The number of rotatable bonds is 0. The van der Waals surface area contributed by atoms with Crippen molar-refractivity contribution in [3.05, 3.63) is 0 Å². The highest BCUT2D eigenvalue weighted by Crippen LogP contribution is 2.01. The third kappa shape index (κ3) is 2.85. The second kappa shape index (κ2) is 3.89. The summed E-state index contributed by atoms with van der Waals surface area (Å²) in [5.74, 6) is 0. The number of likely N-dealkylation sites (tertiary alicyclic amines) is 1. The lowest BCUT2D eigenvalue weighted by atomic mass is 10.1. The summed E-state index contributed by atoms with van der Waals surface area (Å²) < 4.78 is 0. The normalized spacial score (nSPS) is 25.0. The van der Waals surface area contributed by atoms with Crippen LogP contribution in [0.3, 0.4) is 0 Å². The van der Waals surface area contributed by atoms with Crippen molar-refractivity contribution in [3.63, 3.8) is 0 Å². The fourth-order valence-corrected chi connectivity index (χ4v) is 1.51. The summed E-state index contributed by atoms with van der Waals surface area (Å²) in [6.07, 6.45) is 7.32. The first kappa shape index (κ1) is 7.07. The van der Waals surface area contributed by atoms with Crippen molar-refractivity contribution in [1.82, 2.24) is 0 Å². The van der Waals surface area contributed by atoms with Crippen molar-refractivity contribution in [2.45, 2.75) is 32.1 Å². The highest BCUT2D eigenvalue weighted by atomic mass is 15.1. The van der Waals surface area contributed by atoms with Gasteiger partial charge in [-0.3, -0.25) is 0 Å². The van der Waals surface area contributed by atoms with Crippen LogP contribution in [0.5, 0.6) is 0 Å². The zero-order valence-corrected chi connectivity index (χ0v) is 6.45. The number of hydrogen-bond donors (Lipinski definition) is 1. The first-order valence-corrected chi connectivity index (χ1v) is 4.21. The Labute approximate surface area is 58.0 Å². The van der Waals surface area contributed by atoms with Crippen molar-refractivity contribution in [1.29, 1.82) is 0 Å². The van der Waals surface area contributed by atoms with Crippen LogP contribution in [0.4, 0.5) is 0 Å². The first-order chi connectivity index (χ1) is 4.39. The van der Waals surface area contributed by atoms with Crippen LogP contribution in [0, 0.1) is 0 Å². The van der Waals surface area contributed by atoms with Gasteiger partial charge >= 0.3 is 0 Å². The molecule has 0 aromatic carbocycles. The van der Waals surface area contributed by atoms with Gasteiger partial charge in [0.05, 0.1) is 20.1 Å². The van der Waals surface area contributed by atoms with Gasteiger partial charge in [0.1, 0.15) is 0 Å². The molecule has 1 N–H and O–H groups in total. The molecule has 0 aromatic heterocycles. The molecule has 0 amide bonds. The van der Waals surface area contributed by atoms with Crippen molar-refractivity contribution >= 4 is 0 Å². The third-order valence-electron chi connectivity index (χ3n) is 2.21. The molecule has 1 aliphatic heterocycles. The maximum absolute atomic E-state index is 2.31. The van der Waals surface area contributed by atoms with E-state index in [1.165, 1.54) is 45.2 Å². The van der Waals surface area contributed by atoms with Crippen LogP contribution in [0.15, 0.2) is 0 Å². The molecule has 0 aromatic rings. The summed E-state index contributed by atoms with van der Waals surface area (Å²) in [5.41, 5.74) is 0. The van der Waals surface area contributed by atoms with Crippen LogP contribution in [0.25, 0.3) is 0 Å². The maximum atomic E-state index is 2.31. The van der Waals surface area contributed by atoms with Crippen LogP contribution in [0.2, 0.25) is 0 Å². The Morgan fingerprint density at radius 2 is 1.22 bits per heavy atom. The quantitative estimate of drug-likeness (QED) is 0.483. The van der Waals surface area contributed by atoms with Gasteiger partial charge in [-0.25, -0.2) is 0 Å². The molecule has 1 nitrogen and oxygen atoms in total. The van der Waals surface area contributed by atoms with Gasteiger partial charge in [-0.15, -0.1) is 0 Å². The van der Waals surface area contributed by atoms with E-state index in [1.54, 1.807) is 4.90 Å². The summed E-state index contributed by atoms with van der Waals surface area (Å²) in [6.45, 7) is 2.81. The average molecular weight is 128 g/mol. The van der Waals surface area contributed by atoms with E-state index in [9.17, 15) is 0 Å². The molecule has 1 saturated heterocycles. The molecule has 54 valence electrons. The topological polar surface area (TPSA) is 4.44 Å². The van der Waals surface area contributed by atoms with Crippen molar-refractivity contribution in [2.75, 3.05) is 20.1 Å². The van der Waals surface area contributed by atoms with E-state index in [1.807, 2.05) is 0 Å². The molecule has 1 heteroatoms. The highest BCUT2D eigenvalue weighted by Gasteiger charge is 2.04. The molecule has 0 unspecified atom stereocenters. The van der Waals surface area contributed by atoms with Crippen LogP contribution in [0.1, 0.15) is 32.1 Å². The lowest BCUT2D eigenvalue weighted by Crippen LogP contribution is -3.09. The SMILES string of the molecule is C[NH+]1CCCCCCC1. The van der Waals surface area contributed by atoms with Crippen LogP contribution >= 0.6 is 0 Å². The van der Waals surface area contributed by atoms with E-state index >= 15 is 0 Å². The molecule has 0 saturated carbocycles. The minimum Gasteiger partial charge on any atom is -0.337 e. The molecule has 0 spiro atoms. The zero-order chi connectivity index (χ0) is 6.53. The van der Waals surface area contributed by atoms with Crippen LogP contribution in [-0.2, 0) is 0 Å². The van der Waals surface area contributed by atoms with E-state index in [2.05, 4.69) is 7.05 Å². The Balaban J connectivity index is 2.12. The Morgan fingerprint density at radius 3 is 1.78 bits per heavy atom. The van der Waals surface area contributed by atoms with Crippen LogP contribution in [-0.4, -0.2) is 20.1 Å². The van der Waals surface area contributed by atoms with Gasteiger partial charge in [-0.2, -0.15) is 0 Å². The molecule has 9 heavy (non-hydrogen) atoms. The summed E-state index contributed by atoms with van der Waals surface area (Å²) in [7, 11) is 2.31. The number of hydrogen-bond acceptors (Lipinski definition) is 0. The van der Waals surface area contributed by atoms with Gasteiger partial charge in [-0.1, -0.05) is 6.42 Å². The zero-order valence-electron chi connectivity index (χ0n) is 6.45. The second-order valence-electron chi connectivity index (χ2n) is 3.22. The van der Waals surface area contributed by atoms with Crippen LogP contribution < -0.4 is 4.90 Å². The summed E-state index contributed by atoms with van der Waals surface area (Å²) in [5, 5.41) is 0. The standard InChI is InChI=1S/C8H17N/c1-9-7-5-3-2-4-6-8-9/h2-8H2,1H3/p+1. The van der Waals surface area contributed by atoms with Crippen molar-refractivity contribution in [2.24, 2.45) is 0 Å². The lowest BCUT2D eigenvalue weighted by Gasteiger charge is -2.16. The second-order valence-corrected chi connectivity index (χ2v) is 3.22. The molecule has 1 rings (SSSR count). The molecule has 0 aliphatic carbocycles. The predicted octanol–water partition coefficient (Wildman–Crippen LogP) is 0.465. The largest absolute Gasteiger partial charge is 0.337 e. The van der Waals surface area contributed by atoms with E-state index < -0.39 is 0 Å².